The molecule has 4 heteroatoms. The Bertz CT molecular complexity index is 2410. The summed E-state index contributed by atoms with van der Waals surface area (Å²) < 4.78 is 0. The minimum Gasteiger partial charge on any atom is -0.350 e. The van der Waals surface area contributed by atoms with Crippen molar-refractivity contribution in [3.63, 3.8) is 0 Å². The fraction of sp³-hybridized carbons (Fsp3) is 0.146. The fourth-order valence-electron chi connectivity index (χ4n) is 8.84. The van der Waals surface area contributed by atoms with Crippen LogP contribution in [0, 0.1) is 0 Å². The van der Waals surface area contributed by atoms with Crippen molar-refractivity contribution in [1.29, 1.82) is 0 Å². The normalized spacial score (nSPS) is 22.0. The lowest BCUT2D eigenvalue weighted by atomic mass is 9.80. The van der Waals surface area contributed by atoms with Gasteiger partial charge in [-0.3, -0.25) is 5.32 Å². The maximum absolute atomic E-state index is 5.28. The zero-order valence-corrected chi connectivity index (χ0v) is 29.4. The van der Waals surface area contributed by atoms with E-state index in [4.69, 9.17) is 4.99 Å². The van der Waals surface area contributed by atoms with Gasteiger partial charge in [-0.2, -0.15) is 0 Å². The number of nitrogens with one attached hydrogen (secondary N) is 2. The topological polar surface area (TPSA) is 39.7 Å². The van der Waals surface area contributed by atoms with E-state index in [1.807, 2.05) is 0 Å². The lowest BCUT2D eigenvalue weighted by molar-refractivity contribution is 0.409. The van der Waals surface area contributed by atoms with E-state index in [2.05, 4.69) is 199 Å². The molecule has 4 atom stereocenters. The minimum atomic E-state index is -0.186. The van der Waals surface area contributed by atoms with Crippen LogP contribution in [-0.2, 0) is 5.41 Å². The molecule has 252 valence electrons. The number of benzene rings is 6. The van der Waals surface area contributed by atoms with Gasteiger partial charge in [0.1, 0.15) is 18.2 Å². The molecule has 2 heterocycles. The summed E-state index contributed by atoms with van der Waals surface area (Å²) in [6, 6.07) is 54.9. The molecule has 4 unspecified atom stereocenters. The molecule has 0 saturated heterocycles. The van der Waals surface area contributed by atoms with E-state index in [9.17, 15) is 0 Å². The molecular weight excluding hydrogens is 633 g/mol. The third-order valence-electron chi connectivity index (χ3n) is 11.5. The van der Waals surface area contributed by atoms with Crippen molar-refractivity contribution in [2.75, 3.05) is 4.90 Å². The zero-order chi connectivity index (χ0) is 34.8. The number of amidine groups is 1. The third-order valence-corrected chi connectivity index (χ3v) is 11.5. The first kappa shape index (κ1) is 30.8. The van der Waals surface area contributed by atoms with Gasteiger partial charge in [-0.1, -0.05) is 166 Å². The van der Waals surface area contributed by atoms with E-state index in [-0.39, 0.29) is 29.7 Å². The highest BCUT2D eigenvalue weighted by Crippen LogP contribution is 2.56. The first-order valence-electron chi connectivity index (χ1n) is 18.4. The van der Waals surface area contributed by atoms with Crippen molar-refractivity contribution < 1.29 is 0 Å². The Hall–Kier alpha value is -5.97. The molecule has 10 rings (SSSR count). The maximum atomic E-state index is 5.28. The van der Waals surface area contributed by atoms with Crippen LogP contribution in [0.5, 0.6) is 0 Å². The van der Waals surface area contributed by atoms with Gasteiger partial charge in [0.25, 0.3) is 0 Å². The summed E-state index contributed by atoms with van der Waals surface area (Å²) in [4.78, 5) is 7.86. The average molecular weight is 673 g/mol. The number of aliphatic imine (C=N–C) groups is 1. The van der Waals surface area contributed by atoms with Gasteiger partial charge >= 0.3 is 0 Å². The van der Waals surface area contributed by atoms with Crippen LogP contribution < -0.4 is 15.5 Å². The lowest BCUT2D eigenvalue weighted by Gasteiger charge is -2.33. The van der Waals surface area contributed by atoms with E-state index in [1.165, 1.54) is 50.2 Å². The summed E-state index contributed by atoms with van der Waals surface area (Å²) in [6.45, 7) is 4.75. The van der Waals surface area contributed by atoms with Crippen molar-refractivity contribution in [2.45, 2.75) is 43.6 Å². The van der Waals surface area contributed by atoms with E-state index in [1.54, 1.807) is 0 Å². The molecule has 6 aromatic rings. The van der Waals surface area contributed by atoms with E-state index in [0.29, 0.717) is 0 Å². The van der Waals surface area contributed by atoms with Crippen molar-refractivity contribution in [2.24, 2.45) is 4.99 Å². The first-order chi connectivity index (χ1) is 25.5. The van der Waals surface area contributed by atoms with Crippen LogP contribution in [-0.4, -0.2) is 11.9 Å². The van der Waals surface area contributed by atoms with Crippen LogP contribution >= 0.6 is 0 Å². The predicted octanol–water partition coefficient (Wildman–Crippen LogP) is 10.6. The number of hydrogen-bond donors (Lipinski definition) is 2. The maximum Gasteiger partial charge on any atom is 0.131 e. The Labute approximate surface area is 305 Å². The van der Waals surface area contributed by atoms with Gasteiger partial charge in [-0.25, -0.2) is 4.99 Å². The molecule has 2 N–H and O–H groups in total. The van der Waals surface area contributed by atoms with Crippen LogP contribution in [0.25, 0.3) is 16.7 Å². The molecule has 0 spiro atoms. The quantitative estimate of drug-likeness (QED) is 0.191. The summed E-state index contributed by atoms with van der Waals surface area (Å²) in [5.74, 6) is 1.11. The number of hydrogen-bond acceptors (Lipinski definition) is 4. The number of nitrogens with zero attached hydrogens (tertiary/aromatic N) is 2. The van der Waals surface area contributed by atoms with Crippen molar-refractivity contribution >= 4 is 22.8 Å². The molecule has 2 aliphatic carbocycles. The Morgan fingerprint density at radius 3 is 2.12 bits per heavy atom. The van der Waals surface area contributed by atoms with Crippen molar-refractivity contribution in [3.05, 3.63) is 209 Å². The monoisotopic (exact) mass is 672 g/mol. The molecule has 0 radical (unpaired) electrons. The molecule has 0 bridgehead atoms. The van der Waals surface area contributed by atoms with Gasteiger partial charge in [0.15, 0.2) is 0 Å². The van der Waals surface area contributed by atoms with Gasteiger partial charge in [0, 0.05) is 28.3 Å². The highest BCUT2D eigenvalue weighted by atomic mass is 15.3. The summed E-state index contributed by atoms with van der Waals surface area (Å²) in [7, 11) is 0. The van der Waals surface area contributed by atoms with Gasteiger partial charge in [0.2, 0.25) is 0 Å². The molecule has 52 heavy (non-hydrogen) atoms. The SMILES string of the molecule is CC1(C)c2ccccc2-c2cc3c(cc21)C1C=CC(c2ccccc2)=CC1N3c1cccc(C2=NC(c3ccccc3)NC(c3ccccc3)N2)c1. The molecule has 2 aliphatic heterocycles. The standard InChI is InChI=1S/C48H40N4/c1-48(2)41-24-13-12-23-37(41)39-30-44-40(29-42(39)48)38-26-25-34(31-15-6-3-7-16-31)28-43(38)52(44)36-22-14-21-35(27-36)47-50-45(32-17-8-4-9-18-32)49-46(51-47)33-19-10-5-11-20-33/h3-30,38,43,45-46,49H,1-2H3,(H,50,51). The summed E-state index contributed by atoms with van der Waals surface area (Å²) >= 11 is 0. The Kier molecular flexibility index (Phi) is 7.16. The largest absolute Gasteiger partial charge is 0.350 e. The second-order valence-electron chi connectivity index (χ2n) is 14.9. The minimum absolute atomic E-state index is 0.0589. The Morgan fingerprint density at radius 1 is 0.635 bits per heavy atom. The van der Waals surface area contributed by atoms with Gasteiger partial charge in [0.05, 0.1) is 6.04 Å². The molecule has 6 aromatic carbocycles. The second kappa shape index (κ2) is 12.1. The van der Waals surface area contributed by atoms with Crippen LogP contribution in [0.3, 0.4) is 0 Å². The smallest absolute Gasteiger partial charge is 0.131 e. The zero-order valence-electron chi connectivity index (χ0n) is 29.4. The van der Waals surface area contributed by atoms with Crippen LogP contribution in [0.4, 0.5) is 11.4 Å². The second-order valence-corrected chi connectivity index (χ2v) is 14.9. The van der Waals surface area contributed by atoms with Crippen LogP contribution in [0.15, 0.2) is 175 Å². The molecule has 4 nitrogen and oxygen atoms in total. The van der Waals surface area contributed by atoms with Crippen molar-refractivity contribution in [1.82, 2.24) is 10.6 Å². The van der Waals surface area contributed by atoms with E-state index in [0.717, 1.165) is 22.6 Å². The molecular formula is C48H40N4. The van der Waals surface area contributed by atoms with Crippen LogP contribution in [0.1, 0.15) is 71.0 Å². The highest BCUT2D eigenvalue weighted by molar-refractivity contribution is 6.01. The number of rotatable bonds is 5. The third kappa shape index (κ3) is 4.97. The van der Waals surface area contributed by atoms with Crippen LogP contribution in [0.2, 0.25) is 0 Å². The molecule has 0 aromatic heterocycles. The Balaban J connectivity index is 1.11. The molecule has 0 fully saturated rings. The lowest BCUT2D eigenvalue weighted by Crippen LogP contribution is -2.45. The highest BCUT2D eigenvalue weighted by Gasteiger charge is 2.43. The number of allylic oxidation sites excluding steroid dienone is 2. The van der Waals surface area contributed by atoms with Crippen molar-refractivity contribution in [3.8, 4) is 11.1 Å². The summed E-state index contributed by atoms with van der Waals surface area (Å²) in [6.07, 6.45) is 6.96. The van der Waals surface area contributed by atoms with Gasteiger partial charge < -0.3 is 10.2 Å². The molecule has 4 aliphatic rings. The van der Waals surface area contributed by atoms with Gasteiger partial charge in [-0.05, 0) is 68.3 Å². The summed E-state index contributed by atoms with van der Waals surface area (Å²) in [5.41, 5.74) is 15.2. The van der Waals surface area contributed by atoms with E-state index < -0.39 is 0 Å². The summed E-state index contributed by atoms with van der Waals surface area (Å²) in [5, 5.41) is 7.50. The average Bonchev–Trinajstić information content (AvgIpc) is 3.65. The number of anilines is 2. The number of fused-ring (bicyclic) bond motifs is 6. The van der Waals surface area contributed by atoms with Gasteiger partial charge in [-0.15, -0.1) is 0 Å². The molecule has 0 saturated carbocycles. The predicted molar refractivity (Wildman–Crippen MR) is 214 cm³/mol. The Morgan fingerprint density at radius 2 is 1.33 bits per heavy atom. The molecule has 0 amide bonds. The first-order valence-corrected chi connectivity index (χ1v) is 18.4. The van der Waals surface area contributed by atoms with E-state index >= 15 is 0 Å². The fourth-order valence-corrected chi connectivity index (χ4v) is 8.84.